The molecule has 3 rings (SSSR count). The average Bonchev–Trinajstić information content (AvgIpc) is 2.65. The lowest BCUT2D eigenvalue weighted by atomic mass is 9.84. The van der Waals surface area contributed by atoms with E-state index < -0.39 is 0 Å². The van der Waals surface area contributed by atoms with Gasteiger partial charge in [-0.2, -0.15) is 0 Å². The summed E-state index contributed by atoms with van der Waals surface area (Å²) in [6.07, 6.45) is 0.382. The maximum Gasteiger partial charge on any atom is 0.225 e. The van der Waals surface area contributed by atoms with Crippen LogP contribution in [0.4, 0.5) is 5.69 Å². The Balaban J connectivity index is 2.10. The topological polar surface area (TPSA) is 66.0 Å². The van der Waals surface area contributed by atoms with Crippen LogP contribution in [-0.4, -0.2) is 33.3 Å². The lowest BCUT2D eigenvalue weighted by Gasteiger charge is -2.28. The summed E-state index contributed by atoms with van der Waals surface area (Å²) in [5.74, 6) is 2.20. The van der Waals surface area contributed by atoms with Crippen LogP contribution in [0.15, 0.2) is 30.3 Å². The molecule has 1 unspecified atom stereocenters. The van der Waals surface area contributed by atoms with Gasteiger partial charge in [0.1, 0.15) is 5.75 Å². The van der Waals surface area contributed by atoms with Crippen molar-refractivity contribution in [1.82, 2.24) is 0 Å². The first-order valence-electron chi connectivity index (χ1n) is 8.87. The van der Waals surface area contributed by atoms with E-state index in [1.165, 1.54) is 0 Å². The molecular formula is C21H25NO5. The highest BCUT2D eigenvalue weighted by molar-refractivity contribution is 5.95. The molecule has 1 amide bonds. The molecule has 27 heavy (non-hydrogen) atoms. The Hall–Kier alpha value is -2.89. The molecule has 1 heterocycles. The van der Waals surface area contributed by atoms with Crippen molar-refractivity contribution in [1.29, 1.82) is 0 Å². The predicted molar refractivity (Wildman–Crippen MR) is 103 cm³/mol. The number of rotatable bonds is 6. The van der Waals surface area contributed by atoms with Crippen LogP contribution in [0.2, 0.25) is 0 Å². The average molecular weight is 371 g/mol. The van der Waals surface area contributed by atoms with Crippen LogP contribution in [0.5, 0.6) is 23.0 Å². The Labute approximate surface area is 159 Å². The number of carbonyl (C=O) groups excluding carboxylic acids is 1. The first-order chi connectivity index (χ1) is 13.0. The second-order valence-electron chi connectivity index (χ2n) is 6.64. The van der Waals surface area contributed by atoms with Gasteiger partial charge in [-0.25, -0.2) is 0 Å². The van der Waals surface area contributed by atoms with Crippen LogP contribution in [0.1, 0.15) is 37.3 Å². The van der Waals surface area contributed by atoms with E-state index in [4.69, 9.17) is 18.9 Å². The van der Waals surface area contributed by atoms with Gasteiger partial charge in [-0.3, -0.25) is 4.79 Å². The van der Waals surface area contributed by atoms with Gasteiger partial charge >= 0.3 is 0 Å². The zero-order valence-electron chi connectivity index (χ0n) is 16.3. The first kappa shape index (κ1) is 18.9. The second-order valence-corrected chi connectivity index (χ2v) is 6.64. The fraction of sp³-hybridized carbons (Fsp3) is 0.381. The standard InChI is InChI=1S/C21H25NO5/c1-12(2)27-13-6-7-14-16(11-19(23)22-17(14)10-13)15-8-9-18(24-3)21(26-5)20(15)25-4/h6-10,12,16H,11H2,1-5H3,(H,22,23). The normalized spacial score (nSPS) is 15.8. The zero-order chi connectivity index (χ0) is 19.6. The van der Waals surface area contributed by atoms with Gasteiger partial charge in [-0.05, 0) is 31.5 Å². The summed E-state index contributed by atoms with van der Waals surface area (Å²) in [4.78, 5) is 12.4. The lowest BCUT2D eigenvalue weighted by molar-refractivity contribution is -0.116. The molecule has 1 aliphatic rings. The van der Waals surface area contributed by atoms with Crippen molar-refractivity contribution in [2.45, 2.75) is 32.3 Å². The minimum Gasteiger partial charge on any atom is -0.493 e. The Kier molecular flexibility index (Phi) is 5.44. The van der Waals surface area contributed by atoms with Crippen molar-refractivity contribution in [3.63, 3.8) is 0 Å². The molecule has 6 heteroatoms. The third kappa shape index (κ3) is 3.65. The van der Waals surface area contributed by atoms with E-state index in [2.05, 4.69) is 5.32 Å². The number of carbonyl (C=O) groups is 1. The summed E-state index contributed by atoms with van der Waals surface area (Å²) in [7, 11) is 4.74. The molecule has 0 bridgehead atoms. The number of benzene rings is 2. The molecule has 0 aliphatic carbocycles. The van der Waals surface area contributed by atoms with E-state index in [9.17, 15) is 4.79 Å². The quantitative estimate of drug-likeness (QED) is 0.832. The molecule has 6 nitrogen and oxygen atoms in total. The number of nitrogens with one attached hydrogen (secondary N) is 1. The molecule has 0 aromatic heterocycles. The van der Waals surface area contributed by atoms with Crippen LogP contribution in [-0.2, 0) is 4.79 Å². The molecule has 0 saturated heterocycles. The zero-order valence-corrected chi connectivity index (χ0v) is 16.3. The molecular weight excluding hydrogens is 346 g/mol. The van der Waals surface area contributed by atoms with E-state index in [-0.39, 0.29) is 17.9 Å². The van der Waals surface area contributed by atoms with Crippen LogP contribution >= 0.6 is 0 Å². The SMILES string of the molecule is COc1ccc(C2CC(=O)Nc3cc(OC(C)C)ccc32)c(OC)c1OC. The van der Waals surface area contributed by atoms with Gasteiger partial charge in [0.05, 0.1) is 27.4 Å². The molecule has 0 spiro atoms. The Bertz CT molecular complexity index is 847. The van der Waals surface area contributed by atoms with Gasteiger partial charge in [-0.15, -0.1) is 0 Å². The summed E-state index contributed by atoms with van der Waals surface area (Å²) in [6, 6.07) is 9.54. The number of hydrogen-bond donors (Lipinski definition) is 1. The molecule has 144 valence electrons. The minimum atomic E-state index is -0.156. The summed E-state index contributed by atoms with van der Waals surface area (Å²) in [5.41, 5.74) is 2.64. The number of hydrogen-bond acceptors (Lipinski definition) is 5. The van der Waals surface area contributed by atoms with E-state index in [1.807, 2.05) is 44.2 Å². The van der Waals surface area contributed by atoms with Crippen LogP contribution in [0, 0.1) is 0 Å². The molecule has 1 atom stereocenters. The van der Waals surface area contributed by atoms with E-state index in [0.29, 0.717) is 23.7 Å². The van der Waals surface area contributed by atoms with Crippen molar-refractivity contribution in [2.75, 3.05) is 26.6 Å². The third-order valence-corrected chi connectivity index (χ3v) is 4.55. The van der Waals surface area contributed by atoms with Gasteiger partial charge in [0.25, 0.3) is 0 Å². The fourth-order valence-electron chi connectivity index (χ4n) is 3.47. The summed E-state index contributed by atoms with van der Waals surface area (Å²) >= 11 is 0. The van der Waals surface area contributed by atoms with Gasteiger partial charge in [0.2, 0.25) is 11.7 Å². The fourth-order valence-corrected chi connectivity index (χ4v) is 3.47. The van der Waals surface area contributed by atoms with Crippen molar-refractivity contribution in [3.8, 4) is 23.0 Å². The van der Waals surface area contributed by atoms with Gasteiger partial charge in [0, 0.05) is 29.7 Å². The summed E-state index contributed by atoms with van der Waals surface area (Å²) in [6.45, 7) is 3.94. The Morgan fingerprint density at radius 1 is 0.963 bits per heavy atom. The highest BCUT2D eigenvalue weighted by Crippen LogP contribution is 2.47. The number of ether oxygens (including phenoxy) is 4. The van der Waals surface area contributed by atoms with Crippen molar-refractivity contribution in [3.05, 3.63) is 41.5 Å². The van der Waals surface area contributed by atoms with Crippen LogP contribution < -0.4 is 24.3 Å². The monoisotopic (exact) mass is 371 g/mol. The van der Waals surface area contributed by atoms with E-state index in [0.717, 1.165) is 22.6 Å². The highest BCUT2D eigenvalue weighted by Gasteiger charge is 2.31. The van der Waals surface area contributed by atoms with Gasteiger partial charge in [-0.1, -0.05) is 12.1 Å². The highest BCUT2D eigenvalue weighted by atomic mass is 16.5. The van der Waals surface area contributed by atoms with E-state index >= 15 is 0 Å². The first-order valence-corrected chi connectivity index (χ1v) is 8.87. The third-order valence-electron chi connectivity index (χ3n) is 4.55. The molecule has 2 aromatic carbocycles. The van der Waals surface area contributed by atoms with Crippen LogP contribution in [0.3, 0.4) is 0 Å². The maximum atomic E-state index is 12.4. The smallest absolute Gasteiger partial charge is 0.225 e. The molecule has 0 saturated carbocycles. The Morgan fingerprint density at radius 2 is 1.67 bits per heavy atom. The number of fused-ring (bicyclic) bond motifs is 1. The summed E-state index contributed by atoms with van der Waals surface area (Å²) in [5, 5.41) is 2.95. The molecule has 1 aliphatic heterocycles. The van der Waals surface area contributed by atoms with E-state index in [1.54, 1.807) is 21.3 Å². The molecule has 0 radical (unpaired) electrons. The lowest BCUT2D eigenvalue weighted by Crippen LogP contribution is -2.24. The molecule has 2 aromatic rings. The molecule has 0 fully saturated rings. The minimum absolute atomic E-state index is 0.0500. The van der Waals surface area contributed by atoms with Crippen molar-refractivity contribution >= 4 is 11.6 Å². The largest absolute Gasteiger partial charge is 0.493 e. The second kappa shape index (κ2) is 7.78. The molecule has 1 N–H and O–H groups in total. The maximum absolute atomic E-state index is 12.4. The van der Waals surface area contributed by atoms with Crippen molar-refractivity contribution in [2.24, 2.45) is 0 Å². The Morgan fingerprint density at radius 3 is 2.30 bits per heavy atom. The number of anilines is 1. The van der Waals surface area contributed by atoms with Crippen molar-refractivity contribution < 1.29 is 23.7 Å². The van der Waals surface area contributed by atoms with Gasteiger partial charge in [0.15, 0.2) is 11.5 Å². The predicted octanol–water partition coefficient (Wildman–Crippen LogP) is 3.97. The van der Waals surface area contributed by atoms with Gasteiger partial charge < -0.3 is 24.3 Å². The van der Waals surface area contributed by atoms with Crippen LogP contribution in [0.25, 0.3) is 0 Å². The number of amides is 1. The summed E-state index contributed by atoms with van der Waals surface area (Å²) < 4.78 is 22.2. The number of methoxy groups -OCH3 is 3.